The zero-order valence-corrected chi connectivity index (χ0v) is 24.4. The third kappa shape index (κ3) is 6.31. The van der Waals surface area contributed by atoms with Gasteiger partial charge in [-0.05, 0) is 31.0 Å². The molecule has 18 heteroatoms. The van der Waals surface area contributed by atoms with Gasteiger partial charge in [0.05, 0.1) is 5.69 Å². The predicted octanol–water partition coefficient (Wildman–Crippen LogP) is 2.50. The van der Waals surface area contributed by atoms with Gasteiger partial charge in [-0.25, -0.2) is 27.5 Å². The highest BCUT2D eigenvalue weighted by Gasteiger charge is 2.32. The number of oxazole rings is 1. The molecule has 1 fully saturated rings. The molecule has 0 saturated carbocycles. The molecule has 0 radical (unpaired) electrons. The lowest BCUT2D eigenvalue weighted by molar-refractivity contribution is 0.0829. The van der Waals surface area contributed by atoms with E-state index in [9.17, 15) is 13.0 Å². The minimum absolute atomic E-state index is 0.0185. The van der Waals surface area contributed by atoms with Crippen LogP contribution in [-0.4, -0.2) is 77.6 Å². The molecule has 5 aromatic rings. The summed E-state index contributed by atoms with van der Waals surface area (Å²) in [5.41, 5.74) is 2.45. The number of sulfonamides is 1. The zero-order valence-electron chi connectivity index (χ0n) is 22.7. The van der Waals surface area contributed by atoms with E-state index in [1.165, 1.54) is 21.3 Å². The van der Waals surface area contributed by atoms with Crippen molar-refractivity contribution in [1.29, 1.82) is 0 Å². The molecule has 0 bridgehead atoms. The molecule has 1 saturated heterocycles. The number of phosphoric acid groups is 1. The molecule has 3 N–H and O–H groups in total. The largest absolute Gasteiger partial charge is 0.472 e. The van der Waals surface area contributed by atoms with Crippen LogP contribution in [0.5, 0.6) is 5.75 Å². The van der Waals surface area contributed by atoms with Crippen LogP contribution >= 0.6 is 7.82 Å². The summed E-state index contributed by atoms with van der Waals surface area (Å²) >= 11 is 0. The van der Waals surface area contributed by atoms with Gasteiger partial charge in [-0.2, -0.15) is 14.4 Å². The second-order valence-corrected chi connectivity index (χ2v) is 12.9. The second kappa shape index (κ2) is 11.5. The molecule has 0 amide bonds. The Hall–Kier alpha value is -4.12. The van der Waals surface area contributed by atoms with Crippen LogP contribution in [0.1, 0.15) is 12.8 Å². The Morgan fingerprint density at radius 1 is 1.16 bits per heavy atom. The minimum atomic E-state index is -4.68. The van der Waals surface area contributed by atoms with Gasteiger partial charge in [0.15, 0.2) is 11.8 Å². The molecule has 1 aromatic carbocycles. The van der Waals surface area contributed by atoms with Gasteiger partial charge in [0, 0.05) is 62.1 Å². The average Bonchev–Trinajstić information content (AvgIpc) is 3.70. The van der Waals surface area contributed by atoms with Crippen molar-refractivity contribution in [2.75, 3.05) is 25.2 Å². The Bertz CT molecular complexity index is 1900. The zero-order chi connectivity index (χ0) is 30.2. The molecule has 1 atom stereocenters. The first kappa shape index (κ1) is 29.0. The highest BCUT2D eigenvalue weighted by molar-refractivity contribution is 7.89. The number of rotatable bonds is 10. The van der Waals surface area contributed by atoms with Crippen LogP contribution in [0.3, 0.4) is 0 Å². The van der Waals surface area contributed by atoms with E-state index in [-0.39, 0.29) is 17.6 Å². The van der Waals surface area contributed by atoms with Crippen molar-refractivity contribution < 1.29 is 36.4 Å². The highest BCUT2D eigenvalue weighted by atomic mass is 32.2. The average molecular weight is 631 g/mol. The van der Waals surface area contributed by atoms with Gasteiger partial charge >= 0.3 is 13.7 Å². The van der Waals surface area contributed by atoms with Crippen molar-refractivity contribution in [2.24, 2.45) is 7.05 Å². The molecule has 16 nitrogen and oxygen atoms in total. The molecule has 4 aromatic heterocycles. The van der Waals surface area contributed by atoms with Gasteiger partial charge < -0.3 is 24.3 Å². The van der Waals surface area contributed by atoms with Crippen LogP contribution in [0.2, 0.25) is 0 Å². The summed E-state index contributed by atoms with van der Waals surface area (Å²) in [5, 5.41) is 7.33. The second-order valence-electron chi connectivity index (χ2n) is 9.74. The number of hydrogen-bond acceptors (Lipinski definition) is 11. The molecule has 1 unspecified atom stereocenters. The van der Waals surface area contributed by atoms with Gasteiger partial charge in [-0.3, -0.25) is 9.08 Å². The topological polar surface area (TPSA) is 199 Å². The molecule has 1 aliphatic rings. The number of benzene rings is 1. The van der Waals surface area contributed by atoms with Crippen LogP contribution in [0.4, 0.5) is 5.95 Å². The van der Waals surface area contributed by atoms with E-state index in [0.717, 1.165) is 6.42 Å². The number of nitrogens with one attached hydrogen (secondary N) is 1. The highest BCUT2D eigenvalue weighted by Crippen LogP contribution is 2.37. The van der Waals surface area contributed by atoms with Crippen molar-refractivity contribution in [3.63, 3.8) is 0 Å². The van der Waals surface area contributed by atoms with Crippen molar-refractivity contribution in [3.8, 4) is 28.3 Å². The molecule has 5 heterocycles. The summed E-state index contributed by atoms with van der Waals surface area (Å²) in [6.07, 6.45) is 9.50. The van der Waals surface area contributed by atoms with Gasteiger partial charge in [-0.1, -0.05) is 12.1 Å². The van der Waals surface area contributed by atoms with Crippen LogP contribution < -0.4 is 10.1 Å². The van der Waals surface area contributed by atoms with Crippen LogP contribution in [0, 0.1) is 0 Å². The van der Waals surface area contributed by atoms with Crippen molar-refractivity contribution in [2.45, 2.75) is 23.9 Å². The number of nitrogens with zero attached hydrogens (tertiary/aromatic N) is 7. The molecular formula is C25H27N8O8PS. The normalized spacial score (nSPS) is 16.5. The number of phosphoric ester groups is 1. The first-order valence-electron chi connectivity index (χ1n) is 13.0. The number of aryl methyl sites for hydroxylation is 1. The molecule has 226 valence electrons. The van der Waals surface area contributed by atoms with E-state index in [1.54, 1.807) is 60.5 Å². The summed E-state index contributed by atoms with van der Waals surface area (Å²) < 4.78 is 56.9. The Morgan fingerprint density at radius 3 is 2.72 bits per heavy atom. The van der Waals surface area contributed by atoms with E-state index in [1.807, 2.05) is 0 Å². The predicted molar refractivity (Wildman–Crippen MR) is 151 cm³/mol. The lowest BCUT2D eigenvalue weighted by Crippen LogP contribution is -2.45. The summed E-state index contributed by atoms with van der Waals surface area (Å²) in [4.78, 5) is 31.4. The molecule has 0 aliphatic carbocycles. The SMILES string of the molecule is Cn1ccc(S(=O)(=O)N2CCCC(Nc3ncc(-c4c(-c5cccc(OCOP(=O)(O)O)c5)nc5occn45)cn3)C2)n1. The molecule has 6 rings (SSSR count). The molecule has 43 heavy (non-hydrogen) atoms. The number of piperidine rings is 1. The van der Waals surface area contributed by atoms with Gasteiger partial charge in [0.25, 0.3) is 10.0 Å². The van der Waals surface area contributed by atoms with Crippen LogP contribution in [0.15, 0.2) is 70.8 Å². The maximum absolute atomic E-state index is 13.1. The van der Waals surface area contributed by atoms with Gasteiger partial charge in [0.1, 0.15) is 17.7 Å². The smallest absolute Gasteiger partial charge is 0.467 e. The molecular weight excluding hydrogens is 603 g/mol. The Labute approximate surface area is 245 Å². The van der Waals surface area contributed by atoms with Crippen LogP contribution in [-0.2, 0) is 26.2 Å². The fourth-order valence-electron chi connectivity index (χ4n) is 4.81. The van der Waals surface area contributed by atoms with E-state index in [2.05, 4.69) is 29.9 Å². The maximum atomic E-state index is 13.1. The summed E-state index contributed by atoms with van der Waals surface area (Å²) in [6.45, 7) is 0.0246. The van der Waals surface area contributed by atoms with Crippen LogP contribution in [0.25, 0.3) is 28.4 Å². The molecule has 0 spiro atoms. The lowest BCUT2D eigenvalue weighted by Gasteiger charge is -2.31. The van der Waals surface area contributed by atoms with Crippen molar-refractivity contribution >= 4 is 29.6 Å². The monoisotopic (exact) mass is 630 g/mol. The minimum Gasteiger partial charge on any atom is -0.467 e. The number of ether oxygens (including phenoxy) is 1. The van der Waals surface area contributed by atoms with E-state index >= 15 is 0 Å². The Morgan fingerprint density at radius 2 is 1.98 bits per heavy atom. The lowest BCUT2D eigenvalue weighted by atomic mass is 10.1. The quantitative estimate of drug-likeness (QED) is 0.150. The van der Waals surface area contributed by atoms with Gasteiger partial charge in [-0.15, -0.1) is 0 Å². The van der Waals surface area contributed by atoms with Gasteiger partial charge in [0.2, 0.25) is 5.95 Å². The van der Waals surface area contributed by atoms with Crippen molar-refractivity contribution in [3.05, 3.63) is 61.4 Å². The summed E-state index contributed by atoms with van der Waals surface area (Å²) in [6, 6.07) is 8.06. The Balaban J connectivity index is 1.20. The van der Waals surface area contributed by atoms with E-state index < -0.39 is 24.6 Å². The maximum Gasteiger partial charge on any atom is 0.472 e. The first-order valence-corrected chi connectivity index (χ1v) is 16.0. The number of anilines is 1. The first-order chi connectivity index (χ1) is 20.6. The van der Waals surface area contributed by atoms with Crippen molar-refractivity contribution in [1.82, 2.24) is 33.4 Å². The number of imidazole rings is 1. The Kier molecular flexibility index (Phi) is 7.76. The number of aromatic nitrogens is 6. The third-order valence-corrected chi connectivity index (χ3v) is 8.95. The van der Waals surface area contributed by atoms with E-state index in [4.69, 9.17) is 18.9 Å². The number of fused-ring (bicyclic) bond motifs is 1. The number of hydrogen-bond donors (Lipinski definition) is 3. The molecule has 1 aliphatic heterocycles. The summed E-state index contributed by atoms with van der Waals surface area (Å²) in [5.74, 6) is 0.990. The van der Waals surface area contributed by atoms with E-state index in [0.29, 0.717) is 53.0 Å². The fraction of sp³-hybridized carbons (Fsp3) is 0.280. The fourth-order valence-corrected chi connectivity index (χ4v) is 6.47. The summed E-state index contributed by atoms with van der Waals surface area (Å²) in [7, 11) is -6.72. The standard InChI is InChI=1S/C25H27N8O8PS/c1-31-9-7-21(30-31)43(37,38)32-8-3-5-19(15-32)28-24-26-13-18(14-27-24)23-22(29-25-33(23)10-11-39-25)17-4-2-6-20(12-17)40-16-41-42(34,35)36/h2,4,6-7,9-14,19H,3,5,8,15-16H2,1H3,(H,26,27,28)(H2,34,35,36). The third-order valence-electron chi connectivity index (χ3n) is 6.75.